The van der Waals surface area contributed by atoms with Crippen LogP contribution >= 0.6 is 0 Å². The van der Waals surface area contributed by atoms with E-state index in [0.29, 0.717) is 0 Å². The van der Waals surface area contributed by atoms with Gasteiger partial charge in [-0.25, -0.2) is 0 Å². The van der Waals surface area contributed by atoms with E-state index in [9.17, 15) is 0 Å². The molecule has 0 rings (SSSR count). The van der Waals surface area contributed by atoms with Crippen molar-refractivity contribution in [2.24, 2.45) is 5.73 Å². The molecule has 0 aromatic carbocycles. The molecule has 0 saturated heterocycles. The Balaban J connectivity index is 2.45. The monoisotopic (exact) mass is 119 g/mol. The van der Waals surface area contributed by atoms with Crippen LogP contribution in [-0.2, 0) is 4.43 Å². The van der Waals surface area contributed by atoms with Gasteiger partial charge >= 0.3 is 0 Å². The van der Waals surface area contributed by atoms with Crippen molar-refractivity contribution in [2.75, 3.05) is 13.2 Å². The molecule has 0 radical (unpaired) electrons. The van der Waals surface area contributed by atoms with Crippen LogP contribution < -0.4 is 5.73 Å². The van der Waals surface area contributed by atoms with Crippen LogP contribution in [0, 0.1) is 0 Å². The van der Waals surface area contributed by atoms with Crippen molar-refractivity contribution in [3.63, 3.8) is 0 Å². The molecule has 0 spiro atoms. The Hall–Kier alpha value is 0.137. The highest BCUT2D eigenvalue weighted by atomic mass is 28.2. The van der Waals surface area contributed by atoms with E-state index in [1.165, 1.54) is 0 Å². The summed E-state index contributed by atoms with van der Waals surface area (Å²) in [5, 5.41) is 0. The van der Waals surface area contributed by atoms with Crippen molar-refractivity contribution in [3.8, 4) is 0 Å². The predicted octanol–water partition coefficient (Wildman–Crippen LogP) is -0.516. The second-order valence-electron chi connectivity index (χ2n) is 1.34. The second-order valence-corrected chi connectivity index (χ2v) is 2.86. The predicted molar refractivity (Wildman–Crippen MR) is 34.0 cm³/mol. The zero-order chi connectivity index (χ0) is 5.54. The molecule has 44 valence electrons. The number of rotatable bonds is 4. The van der Waals surface area contributed by atoms with Crippen molar-refractivity contribution in [1.29, 1.82) is 0 Å². The van der Waals surface area contributed by atoms with Gasteiger partial charge in [-0.2, -0.15) is 0 Å². The summed E-state index contributed by atoms with van der Waals surface area (Å²) in [6.45, 7) is 3.68. The first-order chi connectivity index (χ1) is 3.41. The third kappa shape index (κ3) is 6.14. The molecule has 7 heavy (non-hydrogen) atoms. The van der Waals surface area contributed by atoms with E-state index in [2.05, 4.69) is 0 Å². The van der Waals surface area contributed by atoms with E-state index < -0.39 is 0 Å². The summed E-state index contributed by atoms with van der Waals surface area (Å²) < 4.78 is 5.13. The van der Waals surface area contributed by atoms with E-state index in [4.69, 9.17) is 10.2 Å². The Kier molecular flexibility index (Phi) is 6.26. The van der Waals surface area contributed by atoms with Crippen molar-refractivity contribution in [1.82, 2.24) is 0 Å². The molecule has 2 N–H and O–H groups in total. The number of hydrogen-bond acceptors (Lipinski definition) is 2. The normalized spacial score (nSPS) is 11.1. The number of nitrogens with two attached hydrogens (primary N) is 1. The minimum atomic E-state index is -0.214. The van der Waals surface area contributed by atoms with Gasteiger partial charge in [-0.15, -0.1) is 0 Å². The Morgan fingerprint density at radius 2 is 2.43 bits per heavy atom. The summed E-state index contributed by atoms with van der Waals surface area (Å²) in [6.07, 6.45) is 0. The van der Waals surface area contributed by atoms with Crippen molar-refractivity contribution < 1.29 is 4.43 Å². The van der Waals surface area contributed by atoms with Crippen LogP contribution in [0.4, 0.5) is 0 Å². The van der Waals surface area contributed by atoms with E-state index >= 15 is 0 Å². The maximum Gasteiger partial charge on any atom is 0.162 e. The average Bonchev–Trinajstić information content (AvgIpc) is 1.69. The average molecular weight is 119 g/mol. The largest absolute Gasteiger partial charge is 0.424 e. The minimum absolute atomic E-state index is 0.214. The van der Waals surface area contributed by atoms with E-state index in [1.54, 1.807) is 0 Å². The van der Waals surface area contributed by atoms with Gasteiger partial charge < -0.3 is 10.2 Å². The van der Waals surface area contributed by atoms with Crippen molar-refractivity contribution in [3.05, 3.63) is 0 Å². The first-order valence-electron chi connectivity index (χ1n) is 2.69. The molecule has 0 atom stereocenters. The lowest BCUT2D eigenvalue weighted by Gasteiger charge is -1.94. The Morgan fingerprint density at radius 1 is 1.71 bits per heavy atom. The first kappa shape index (κ1) is 7.14. The van der Waals surface area contributed by atoms with Crippen LogP contribution in [0.2, 0.25) is 6.04 Å². The van der Waals surface area contributed by atoms with E-state index in [1.807, 2.05) is 6.92 Å². The van der Waals surface area contributed by atoms with Crippen LogP contribution in [0.15, 0.2) is 0 Å². The second kappa shape index (κ2) is 6.14. The molecule has 3 heteroatoms. The molecule has 0 unspecified atom stereocenters. The summed E-state index contributed by atoms with van der Waals surface area (Å²) >= 11 is 0. The maximum atomic E-state index is 5.22. The summed E-state index contributed by atoms with van der Waals surface area (Å²) in [4.78, 5) is 0. The molecule has 0 aromatic rings. The molecule has 0 heterocycles. The zero-order valence-corrected chi connectivity index (χ0v) is 6.23. The summed E-state index contributed by atoms with van der Waals surface area (Å²) in [7, 11) is -0.214. The van der Waals surface area contributed by atoms with Gasteiger partial charge in [0.05, 0.1) is 0 Å². The summed E-state index contributed by atoms with van der Waals surface area (Å²) in [6, 6.07) is 1.12. The third-order valence-electron chi connectivity index (χ3n) is 0.697. The number of hydrogen-bond donors (Lipinski definition) is 1. The standard InChI is InChI=1S/C4H13NOSi/c1-2-6-7-4-3-5/h2-5,7H2,1H3. The quantitative estimate of drug-likeness (QED) is 0.399. The topological polar surface area (TPSA) is 35.2 Å². The molecule has 2 nitrogen and oxygen atoms in total. The van der Waals surface area contributed by atoms with Gasteiger partial charge in [0.25, 0.3) is 0 Å². The third-order valence-corrected chi connectivity index (χ3v) is 2.09. The molecular weight excluding hydrogens is 106 g/mol. The lowest BCUT2D eigenvalue weighted by atomic mass is 10.8. The van der Waals surface area contributed by atoms with Gasteiger partial charge in [-0.05, 0) is 19.5 Å². The molecule has 0 bridgehead atoms. The zero-order valence-electron chi connectivity index (χ0n) is 4.81. The van der Waals surface area contributed by atoms with Gasteiger partial charge in [0.15, 0.2) is 9.76 Å². The molecule has 0 aliphatic rings. The van der Waals surface area contributed by atoms with Crippen LogP contribution in [0.3, 0.4) is 0 Å². The smallest absolute Gasteiger partial charge is 0.162 e. The van der Waals surface area contributed by atoms with Gasteiger partial charge in [0.2, 0.25) is 0 Å². The Bertz CT molecular complexity index is 30.9. The lowest BCUT2D eigenvalue weighted by Crippen LogP contribution is -2.05. The Labute approximate surface area is 47.0 Å². The van der Waals surface area contributed by atoms with Crippen LogP contribution in [0.5, 0.6) is 0 Å². The summed E-state index contributed by atoms with van der Waals surface area (Å²) in [5.41, 5.74) is 5.22. The molecular formula is C4H13NOSi. The Morgan fingerprint density at radius 3 is 2.86 bits per heavy atom. The van der Waals surface area contributed by atoms with Gasteiger partial charge in [-0.3, -0.25) is 0 Å². The molecule has 0 saturated carbocycles. The highest BCUT2D eigenvalue weighted by Gasteiger charge is 1.80. The minimum Gasteiger partial charge on any atom is -0.424 e. The van der Waals surface area contributed by atoms with E-state index in [0.717, 1.165) is 19.2 Å². The van der Waals surface area contributed by atoms with Gasteiger partial charge in [0, 0.05) is 6.61 Å². The molecule has 0 amide bonds. The first-order valence-corrected chi connectivity index (χ1v) is 4.27. The SMILES string of the molecule is CCO[SiH2]CCN. The molecule has 0 aliphatic carbocycles. The van der Waals surface area contributed by atoms with Crippen LogP contribution in [0.1, 0.15) is 6.92 Å². The molecule has 0 aromatic heterocycles. The van der Waals surface area contributed by atoms with Gasteiger partial charge in [0.1, 0.15) is 0 Å². The van der Waals surface area contributed by atoms with E-state index in [-0.39, 0.29) is 9.76 Å². The maximum absolute atomic E-state index is 5.22. The van der Waals surface area contributed by atoms with Gasteiger partial charge in [-0.1, -0.05) is 0 Å². The highest BCUT2D eigenvalue weighted by molar-refractivity contribution is 6.27. The fourth-order valence-electron chi connectivity index (χ4n) is 0.330. The van der Waals surface area contributed by atoms with Crippen molar-refractivity contribution >= 4 is 9.76 Å². The fourth-order valence-corrected chi connectivity index (χ4v) is 0.989. The highest BCUT2D eigenvalue weighted by Crippen LogP contribution is 1.73. The molecule has 0 aliphatic heterocycles. The fraction of sp³-hybridized carbons (Fsp3) is 1.00. The van der Waals surface area contributed by atoms with Crippen molar-refractivity contribution in [2.45, 2.75) is 13.0 Å². The molecule has 0 fully saturated rings. The lowest BCUT2D eigenvalue weighted by molar-refractivity contribution is 0.360. The summed E-state index contributed by atoms with van der Waals surface area (Å²) in [5.74, 6) is 0. The van der Waals surface area contributed by atoms with Crippen LogP contribution in [-0.4, -0.2) is 22.9 Å². The van der Waals surface area contributed by atoms with Crippen LogP contribution in [0.25, 0.3) is 0 Å².